The van der Waals surface area contributed by atoms with E-state index in [1.54, 1.807) is 35.0 Å². The molecule has 21 rings (SSSR count). The van der Waals surface area contributed by atoms with E-state index in [0.29, 0.717) is 106 Å². The van der Waals surface area contributed by atoms with Gasteiger partial charge in [0.2, 0.25) is 0 Å². The average Bonchev–Trinajstić information content (AvgIpc) is 1.46. The minimum absolute atomic E-state index is 0. The summed E-state index contributed by atoms with van der Waals surface area (Å²) in [5.74, 6) is 16.5. The fraction of sp³-hybridized carbons (Fsp3) is 0.927. The number of Topliss-reactive ketones (excluding diaryl/α,β-unsaturated/α-hetero) is 1. The van der Waals surface area contributed by atoms with Crippen LogP contribution in [0.1, 0.15) is 432 Å². The molecule has 39 atom stereocenters. The molecule has 1 heterocycles. The first kappa shape index (κ1) is 122. The van der Waals surface area contributed by atoms with E-state index in [4.69, 9.17) is 30.2 Å². The van der Waals surface area contributed by atoms with Crippen molar-refractivity contribution in [3.8, 4) is 12.3 Å². The largest absolute Gasteiger partial charge is 1.00 e. The summed E-state index contributed by atoms with van der Waals surface area (Å²) in [6.45, 7) is 41.9. The van der Waals surface area contributed by atoms with Crippen LogP contribution in [0.2, 0.25) is 1.41 Å². The third kappa shape index (κ3) is 25.6. The van der Waals surface area contributed by atoms with E-state index in [1.807, 2.05) is 45.5 Å². The number of methoxy groups -OCH3 is 3. The van der Waals surface area contributed by atoms with Crippen LogP contribution in [0, 0.1) is 192 Å². The van der Waals surface area contributed by atoms with E-state index >= 15 is 0 Å². The number of ether oxygens (including phenoxy) is 7. The van der Waals surface area contributed by atoms with Crippen molar-refractivity contribution in [2.45, 2.75) is 490 Å². The molecule has 0 aromatic heterocycles. The molecule has 1 saturated heterocycles. The van der Waals surface area contributed by atoms with Gasteiger partial charge in [-0.3, -0.25) is 13.5 Å². The van der Waals surface area contributed by atoms with Gasteiger partial charge in [-0.05, 0) is 512 Å². The second kappa shape index (κ2) is 48.6. The predicted octanol–water partition coefficient (Wildman–Crippen LogP) is 21.3. The number of carbonyl (C=O) groups is 4. The SMILES string of the molecule is C#CC(=O)OC.C1CCOC1.CC(C)(O)CCO[C@H]1CC[C@H]2[C@@H]3CC[C@H]4C[C@@](C)(O)CC[C@]4(C)[C@H]3CC[C@]12C.CO.COC(=O)/C=C/O[C@H]1CC[C@H]2[C@@H]3CC[C@H]4C[C@@](C)(O)CC[C@]4(C)[C@H]3CC[C@]12C.COC(=O)CCO[C@H]1CC[C@H]2[C@@H]3CC[C@H]4C[C@@](C)(O)CC[C@]4(C)[C@H]3CC[C@]12C.C[C@]1(O)CC[C@@]2(C)[C@@H](CC[C@@H]3[C@@H]2CC[C@]2(C)C(=O)CC[C@@H]32)C1.C[C@]1(O)CC[C@@]2(C)[C@@H](CC[C@@H]3[C@@H]2CC[C@]2(C)[C@@H](O)CC[C@@H]32)C1.[3H]NI.[CH3-].[Li+]. The number of esters is 3. The second-order valence-electron chi connectivity index (χ2n) is 56.2. The fourth-order valence-electron chi connectivity index (χ4n) is 39.2. The smallest absolute Gasteiger partial charge is 0.497 e. The number of halogens is 1. The molecule has 20 aliphatic carbocycles. The van der Waals surface area contributed by atoms with Gasteiger partial charge >= 0.3 is 36.8 Å². The van der Waals surface area contributed by atoms with E-state index in [2.05, 4.69) is 92.1 Å². The van der Waals surface area contributed by atoms with Gasteiger partial charge in [0.15, 0.2) is 0 Å². The zero-order chi connectivity index (χ0) is 105. The normalized spacial score (nSPS) is 48.7. The molecule has 0 bridgehead atoms. The maximum absolute atomic E-state index is 12.4. The van der Waals surface area contributed by atoms with Gasteiger partial charge in [-0.25, -0.2) is 9.59 Å². The Hall–Kier alpha value is -1.97. The van der Waals surface area contributed by atoms with E-state index < -0.39 is 39.6 Å². The summed E-state index contributed by atoms with van der Waals surface area (Å²) in [5.41, 5.74) is 0.262. The monoisotopic (exact) mass is 2140 g/mol. The van der Waals surface area contributed by atoms with Crippen LogP contribution < -0.4 is 22.8 Å². The molecule has 21 fully saturated rings. The molecule has 145 heavy (non-hydrogen) atoms. The molecule has 20 nitrogen and oxygen atoms in total. The van der Waals surface area contributed by atoms with Gasteiger partial charge in [-0.1, -0.05) is 69.2 Å². The van der Waals surface area contributed by atoms with E-state index in [0.717, 1.165) is 212 Å². The van der Waals surface area contributed by atoms with Crippen molar-refractivity contribution in [3.63, 3.8) is 0 Å². The summed E-state index contributed by atoms with van der Waals surface area (Å²) >= 11 is 1.70. The number of aliphatic hydroxyl groups excluding tert-OH is 2. The minimum Gasteiger partial charge on any atom is -0.497 e. The van der Waals surface area contributed by atoms with Gasteiger partial charge in [0.25, 0.3) is 0 Å². The number of hydrogen-bond acceptors (Lipinski definition) is 20. The summed E-state index contributed by atoms with van der Waals surface area (Å²) in [5, 5.41) is 80.5. The molecule has 0 aromatic rings. The third-order valence-electron chi connectivity index (χ3n) is 47.8. The quantitative estimate of drug-likeness (QED) is 0.00887. The Bertz CT molecular complexity index is 4290. The summed E-state index contributed by atoms with van der Waals surface area (Å²) in [7, 11) is 5.07. The molecule has 20 saturated carbocycles. The van der Waals surface area contributed by atoms with Crippen molar-refractivity contribution in [1.29, 1.82) is 0 Å². The predicted molar refractivity (Wildman–Crippen MR) is 579 cm³/mol. The van der Waals surface area contributed by atoms with Gasteiger partial charge in [-0.15, -0.1) is 6.42 Å². The first-order valence-electron chi connectivity index (χ1n) is 58.7. The van der Waals surface area contributed by atoms with E-state index in [9.17, 15) is 54.9 Å². The third-order valence-corrected chi connectivity index (χ3v) is 47.8. The molecule has 0 aromatic carbocycles. The topological polar surface area (TPSA) is 321 Å². The molecule has 0 unspecified atom stereocenters. The molecule has 10 N–H and O–H groups in total. The van der Waals surface area contributed by atoms with Crippen LogP contribution in [0.3, 0.4) is 0 Å². The van der Waals surface area contributed by atoms with Crippen molar-refractivity contribution >= 4 is 46.6 Å². The number of rotatable bonds is 11. The molecule has 0 amide bonds. The fourth-order valence-corrected chi connectivity index (χ4v) is 39.2. The van der Waals surface area contributed by atoms with Crippen LogP contribution in [0.5, 0.6) is 0 Å². The van der Waals surface area contributed by atoms with Crippen LogP contribution in [0.15, 0.2) is 12.3 Å². The molecule has 1 aliphatic heterocycles. The zero-order valence-corrected chi connectivity index (χ0v) is 97.7. The zero-order valence-electron chi connectivity index (χ0n) is 96.5. The maximum atomic E-state index is 12.4. The molecule has 22 heteroatoms. The Balaban J connectivity index is 0.000000167. The van der Waals surface area contributed by atoms with E-state index in [1.165, 1.54) is 226 Å². The molecule has 828 valence electrons. The Morgan fingerprint density at radius 3 is 1.06 bits per heavy atom. The number of aliphatic hydroxyl groups is 8. The Morgan fingerprint density at radius 1 is 0.428 bits per heavy atom. The summed E-state index contributed by atoms with van der Waals surface area (Å²) < 4.78 is 45.0. The standard InChI is InChI=1S/C25H44O3.C24H40O4.C24H38O4.C20H34O2.C20H32O2.C4H4O2.C4H8O.CH4O.CH3.H2IN.Li/c1-22(2,26)14-15-28-21-9-8-19-18-7-6-17-16-23(3,27)12-13-24(17,4)20(18)10-11-25(19,21)5;2*1-22(26)12-13-23(2)16(15-22)5-6-17-18-7-8-20(28-14-10-21(25)27-4)24(18,3)11-9-19(17)23;2*1-18(22)10-11-19(2)13(12-18)4-5-14-15-6-7-17(21)20(15,3)9-8-16(14)19;1-3-4(5)6-2;1-2-4-5-3-1;1-2;;1-2;/h17-21,26-27H,6-16H2,1-5H3;16-20,26H,5-15H2,1-4H3;10,14,16-20,26H,5-9,11-13,15H2,1-4H3;13-17,21-22H,4-12H2,1-3H3;13-16,22H,4-12H2,1-3H3;1H,2H3;1-4H2;2H,1H3;1H3;2H2;/q;;;;;;;;-1;;+1/b;;14-10+;;;;;;;;/t17-,18-,19-,20-,21-,23-,24-,25-;2*16-,17-,18-,19-,20-,22-,23-,24-;13-,14-,15-,16-,17-,18-,19-,20-;13-,14-,15-,16-,18-,19-,20-;;;;;;/m00000....../s1/i/hT. The number of nitrogens with two attached hydrogens (primary N) is 1. The van der Waals surface area contributed by atoms with Crippen LogP contribution in [-0.2, 0) is 52.3 Å². The summed E-state index contributed by atoms with van der Waals surface area (Å²) in [6.07, 6.45) is 65.0. The number of terminal acetylenes is 1. The average molecular weight is 2140 g/mol. The molecule has 21 aliphatic rings. The molecular weight excluding hydrogens is 1930 g/mol. The van der Waals surface area contributed by atoms with Gasteiger partial charge in [-0.2, -0.15) is 0 Å². The first-order valence-corrected chi connectivity index (χ1v) is 59.3. The van der Waals surface area contributed by atoms with Crippen molar-refractivity contribution in [2.75, 3.05) is 54.9 Å². The van der Waals surface area contributed by atoms with E-state index in [-0.39, 0.29) is 72.1 Å². The van der Waals surface area contributed by atoms with Gasteiger partial charge < -0.3 is 81.4 Å². The van der Waals surface area contributed by atoms with Gasteiger partial charge in [0, 0.05) is 73.0 Å². The van der Waals surface area contributed by atoms with Gasteiger partial charge in [0.05, 0.1) is 98.6 Å². The maximum Gasteiger partial charge on any atom is 1.00 e. The van der Waals surface area contributed by atoms with Crippen LogP contribution in [-0.4, -0.2) is 177 Å². The summed E-state index contributed by atoms with van der Waals surface area (Å²) in [6, 6.07) is 0. The van der Waals surface area contributed by atoms with Crippen LogP contribution in [0.4, 0.5) is 0 Å². The van der Waals surface area contributed by atoms with Crippen LogP contribution in [0.25, 0.3) is 0 Å². The number of hydrogen-bond donors (Lipinski definition) is 9. The number of fused-ring (bicyclic) bond motifs is 25. The van der Waals surface area contributed by atoms with Crippen molar-refractivity contribution in [2.24, 2.45) is 176 Å². The minimum atomic E-state index is -0.633. The number of carbonyl (C=O) groups excluding carboxylic acids is 4. The molecule has 0 radical (unpaired) electrons. The van der Waals surface area contributed by atoms with Crippen molar-refractivity contribution < 1.29 is 113 Å². The van der Waals surface area contributed by atoms with Gasteiger partial charge in [0.1, 0.15) is 13.3 Å². The first-order chi connectivity index (χ1) is 67.6. The molecule has 0 spiro atoms. The van der Waals surface area contributed by atoms with Crippen molar-refractivity contribution in [1.82, 2.24) is 0 Å². The van der Waals surface area contributed by atoms with Crippen LogP contribution >= 0.6 is 22.9 Å². The number of ketones is 1. The summed E-state index contributed by atoms with van der Waals surface area (Å²) in [4.78, 5) is 44.9. The Morgan fingerprint density at radius 2 is 0.738 bits per heavy atom. The Labute approximate surface area is 907 Å². The second-order valence-corrected chi connectivity index (χ2v) is 56.2. The molecular formula is C123H209ILiNO19. The van der Waals surface area contributed by atoms with Crippen molar-refractivity contribution in [3.05, 3.63) is 19.8 Å². The Kier molecular flexibility index (Phi) is 40.8.